The second kappa shape index (κ2) is 4.99. The fraction of sp³-hybridized carbons (Fsp3) is 0.273. The lowest BCUT2D eigenvalue weighted by Crippen LogP contribution is -2.07. The number of aryl methyl sites for hydroxylation is 1. The molecule has 0 radical (unpaired) electrons. The molecular weight excluding hydrogens is 224 g/mol. The summed E-state index contributed by atoms with van der Waals surface area (Å²) in [6, 6.07) is 7.61. The summed E-state index contributed by atoms with van der Waals surface area (Å²) in [5.41, 5.74) is 0.984. The number of hydrogen-bond donors (Lipinski definition) is 1. The van der Waals surface area contributed by atoms with Crippen LogP contribution in [-0.4, -0.2) is 14.8 Å². The predicted molar refractivity (Wildman–Crippen MR) is 64.5 cm³/mol. The Morgan fingerprint density at radius 2 is 2.31 bits per heavy atom. The largest absolute Gasteiger partial charge is 0.378 e. The van der Waals surface area contributed by atoms with Crippen molar-refractivity contribution in [3.05, 3.63) is 41.4 Å². The number of hydrogen-bond acceptors (Lipinski definition) is 3. The third-order valence-electron chi connectivity index (χ3n) is 2.31. The van der Waals surface area contributed by atoms with Crippen molar-refractivity contribution in [3.8, 4) is 0 Å². The molecule has 1 aromatic carbocycles. The average Bonchev–Trinajstić information content (AvgIpc) is 2.74. The minimum atomic E-state index is 0.647. The van der Waals surface area contributed by atoms with E-state index in [0.717, 1.165) is 23.1 Å². The van der Waals surface area contributed by atoms with Gasteiger partial charge in [0, 0.05) is 17.3 Å². The molecule has 0 aliphatic carbocycles. The smallest absolute Gasteiger partial charge is 0.152 e. The number of nitrogens with zero attached hydrogens (tertiary/aromatic N) is 3. The van der Waals surface area contributed by atoms with Gasteiger partial charge in [-0.15, -0.1) is 10.2 Å². The topological polar surface area (TPSA) is 42.7 Å². The SMILES string of the molecule is CCn1cnnc1CNc1cccc(Cl)c1. The van der Waals surface area contributed by atoms with Gasteiger partial charge >= 0.3 is 0 Å². The third kappa shape index (κ3) is 2.52. The van der Waals surface area contributed by atoms with Crippen LogP contribution in [0.25, 0.3) is 0 Å². The molecule has 1 aromatic heterocycles. The van der Waals surface area contributed by atoms with Gasteiger partial charge in [0.1, 0.15) is 6.33 Å². The summed E-state index contributed by atoms with van der Waals surface area (Å²) in [4.78, 5) is 0. The molecule has 0 aliphatic heterocycles. The van der Waals surface area contributed by atoms with Crippen molar-refractivity contribution < 1.29 is 0 Å². The van der Waals surface area contributed by atoms with Gasteiger partial charge in [0.05, 0.1) is 6.54 Å². The minimum absolute atomic E-state index is 0.647. The highest BCUT2D eigenvalue weighted by atomic mass is 35.5. The zero-order chi connectivity index (χ0) is 11.4. The van der Waals surface area contributed by atoms with Crippen LogP contribution in [0, 0.1) is 0 Å². The lowest BCUT2D eigenvalue weighted by Gasteiger charge is -2.06. The first kappa shape index (κ1) is 11.0. The molecule has 5 heteroatoms. The lowest BCUT2D eigenvalue weighted by atomic mass is 10.3. The van der Waals surface area contributed by atoms with E-state index in [1.807, 2.05) is 28.8 Å². The molecule has 1 heterocycles. The molecule has 0 fully saturated rings. The van der Waals surface area contributed by atoms with Crippen LogP contribution in [-0.2, 0) is 13.1 Å². The van der Waals surface area contributed by atoms with Gasteiger partial charge in [-0.2, -0.15) is 0 Å². The maximum Gasteiger partial charge on any atom is 0.152 e. The van der Waals surface area contributed by atoms with Crippen LogP contribution in [0.2, 0.25) is 5.02 Å². The Morgan fingerprint density at radius 1 is 1.44 bits per heavy atom. The molecular formula is C11H13ClN4. The summed E-state index contributed by atoms with van der Waals surface area (Å²) in [6.45, 7) is 3.58. The summed E-state index contributed by atoms with van der Waals surface area (Å²) in [6.07, 6.45) is 1.73. The number of rotatable bonds is 4. The van der Waals surface area contributed by atoms with Crippen molar-refractivity contribution in [2.45, 2.75) is 20.0 Å². The Hall–Kier alpha value is -1.55. The summed E-state index contributed by atoms with van der Waals surface area (Å²) in [5.74, 6) is 0.919. The molecule has 0 bridgehead atoms. The highest BCUT2D eigenvalue weighted by molar-refractivity contribution is 6.30. The van der Waals surface area contributed by atoms with Gasteiger partial charge in [-0.3, -0.25) is 0 Å². The van der Waals surface area contributed by atoms with Crippen LogP contribution in [0.15, 0.2) is 30.6 Å². The Balaban J connectivity index is 2.02. The van der Waals surface area contributed by atoms with E-state index < -0.39 is 0 Å². The number of anilines is 1. The van der Waals surface area contributed by atoms with E-state index in [2.05, 4.69) is 22.4 Å². The first-order valence-corrected chi connectivity index (χ1v) is 5.53. The van der Waals surface area contributed by atoms with Gasteiger partial charge < -0.3 is 9.88 Å². The van der Waals surface area contributed by atoms with Crippen LogP contribution >= 0.6 is 11.6 Å². The third-order valence-corrected chi connectivity index (χ3v) is 2.55. The molecule has 0 unspecified atom stereocenters. The molecule has 16 heavy (non-hydrogen) atoms. The summed E-state index contributed by atoms with van der Waals surface area (Å²) in [5, 5.41) is 11.9. The molecule has 2 aromatic rings. The molecule has 0 atom stereocenters. The molecule has 0 aliphatic rings. The summed E-state index contributed by atoms with van der Waals surface area (Å²) >= 11 is 5.89. The van der Waals surface area contributed by atoms with Gasteiger partial charge in [0.25, 0.3) is 0 Å². The monoisotopic (exact) mass is 236 g/mol. The molecule has 0 saturated carbocycles. The van der Waals surface area contributed by atoms with Gasteiger partial charge in [-0.25, -0.2) is 0 Å². The van der Waals surface area contributed by atoms with Crippen molar-refractivity contribution in [2.24, 2.45) is 0 Å². The van der Waals surface area contributed by atoms with Gasteiger partial charge in [0.2, 0.25) is 0 Å². The minimum Gasteiger partial charge on any atom is -0.378 e. The van der Waals surface area contributed by atoms with Crippen molar-refractivity contribution >= 4 is 17.3 Å². The lowest BCUT2D eigenvalue weighted by molar-refractivity contribution is 0.708. The van der Waals surface area contributed by atoms with E-state index in [4.69, 9.17) is 11.6 Å². The maximum absolute atomic E-state index is 5.89. The van der Waals surface area contributed by atoms with Crippen molar-refractivity contribution in [1.82, 2.24) is 14.8 Å². The highest BCUT2D eigenvalue weighted by Crippen LogP contribution is 2.15. The Kier molecular flexibility index (Phi) is 3.41. The molecule has 4 nitrogen and oxygen atoms in total. The highest BCUT2D eigenvalue weighted by Gasteiger charge is 2.01. The maximum atomic E-state index is 5.89. The quantitative estimate of drug-likeness (QED) is 0.887. The predicted octanol–water partition coefficient (Wildman–Crippen LogP) is 2.56. The van der Waals surface area contributed by atoms with Crippen LogP contribution in [0.3, 0.4) is 0 Å². The van der Waals surface area contributed by atoms with Gasteiger partial charge in [0.15, 0.2) is 5.82 Å². The normalized spacial score (nSPS) is 10.4. The molecule has 0 amide bonds. The molecule has 84 valence electrons. The van der Waals surface area contributed by atoms with E-state index >= 15 is 0 Å². The fourth-order valence-corrected chi connectivity index (χ4v) is 1.65. The van der Waals surface area contributed by atoms with Crippen molar-refractivity contribution in [3.63, 3.8) is 0 Å². The fourth-order valence-electron chi connectivity index (χ4n) is 1.46. The van der Waals surface area contributed by atoms with E-state index in [0.29, 0.717) is 6.54 Å². The van der Waals surface area contributed by atoms with E-state index in [-0.39, 0.29) is 0 Å². The van der Waals surface area contributed by atoms with E-state index in [9.17, 15) is 0 Å². The second-order valence-electron chi connectivity index (χ2n) is 3.40. The second-order valence-corrected chi connectivity index (χ2v) is 3.83. The van der Waals surface area contributed by atoms with Gasteiger partial charge in [-0.1, -0.05) is 17.7 Å². The number of halogens is 1. The number of nitrogens with one attached hydrogen (secondary N) is 1. The first-order valence-electron chi connectivity index (χ1n) is 5.15. The van der Waals surface area contributed by atoms with Crippen molar-refractivity contribution in [1.29, 1.82) is 0 Å². The van der Waals surface area contributed by atoms with Crippen LogP contribution in [0.4, 0.5) is 5.69 Å². The zero-order valence-electron chi connectivity index (χ0n) is 9.02. The standard InChI is InChI=1S/C11H13ClN4/c1-2-16-8-14-15-11(16)7-13-10-5-3-4-9(12)6-10/h3-6,8,13H,2,7H2,1H3. The summed E-state index contributed by atoms with van der Waals surface area (Å²) < 4.78 is 2.00. The Bertz CT molecular complexity index is 467. The van der Waals surface area contributed by atoms with Crippen LogP contribution in [0.1, 0.15) is 12.7 Å². The van der Waals surface area contributed by atoms with Gasteiger partial charge in [-0.05, 0) is 25.1 Å². The molecule has 0 spiro atoms. The first-order chi connectivity index (χ1) is 7.79. The number of aromatic nitrogens is 3. The molecule has 2 rings (SSSR count). The average molecular weight is 237 g/mol. The van der Waals surface area contributed by atoms with E-state index in [1.165, 1.54) is 0 Å². The molecule has 1 N–H and O–H groups in total. The number of benzene rings is 1. The van der Waals surface area contributed by atoms with Crippen molar-refractivity contribution in [2.75, 3.05) is 5.32 Å². The Labute approximate surface area is 99.3 Å². The van der Waals surface area contributed by atoms with Crippen LogP contribution < -0.4 is 5.32 Å². The zero-order valence-corrected chi connectivity index (χ0v) is 9.78. The summed E-state index contributed by atoms with van der Waals surface area (Å²) in [7, 11) is 0. The van der Waals surface area contributed by atoms with Crippen LogP contribution in [0.5, 0.6) is 0 Å². The molecule has 0 saturated heterocycles. The van der Waals surface area contributed by atoms with E-state index in [1.54, 1.807) is 6.33 Å². The Morgan fingerprint density at radius 3 is 3.06 bits per heavy atom.